The van der Waals surface area contributed by atoms with E-state index in [2.05, 4.69) is 71.5 Å². The molecular weight excluding hydrogens is 390 g/mol. The van der Waals surface area contributed by atoms with Crippen LogP contribution >= 0.6 is 11.5 Å². The van der Waals surface area contributed by atoms with Crippen LogP contribution in [0.4, 0.5) is 0 Å². The van der Waals surface area contributed by atoms with E-state index in [0.29, 0.717) is 6.61 Å². The molecule has 2 heterocycles. The average molecular weight is 416 g/mol. The quantitative estimate of drug-likeness (QED) is 0.380. The van der Waals surface area contributed by atoms with Gasteiger partial charge in [-0.3, -0.25) is 0 Å². The van der Waals surface area contributed by atoms with Crippen LogP contribution in [0.2, 0.25) is 0 Å². The lowest BCUT2D eigenvalue weighted by Crippen LogP contribution is -2.18. The number of ether oxygens (including phenoxy) is 1. The van der Waals surface area contributed by atoms with E-state index in [4.69, 9.17) is 4.74 Å². The van der Waals surface area contributed by atoms with Gasteiger partial charge in [-0.15, -0.1) is 0 Å². The largest absolute Gasteiger partial charge is 0.487 e. The summed E-state index contributed by atoms with van der Waals surface area (Å²) in [5.74, 6) is 1.60. The summed E-state index contributed by atoms with van der Waals surface area (Å²) in [5.41, 5.74) is 5.46. The van der Waals surface area contributed by atoms with Gasteiger partial charge in [-0.25, -0.2) is 9.97 Å². The Morgan fingerprint density at radius 1 is 0.833 bits per heavy atom. The molecule has 0 aliphatic heterocycles. The summed E-state index contributed by atoms with van der Waals surface area (Å²) in [6.45, 7) is 8.90. The molecule has 2 aromatic carbocycles. The minimum absolute atomic E-state index is 0.0675. The van der Waals surface area contributed by atoms with Crippen molar-refractivity contribution in [3.8, 4) is 16.5 Å². The maximum absolute atomic E-state index is 5.98. The first kappa shape index (κ1) is 20.2. The molecule has 4 nitrogen and oxygen atoms in total. The number of pyridine rings is 1. The first-order valence-corrected chi connectivity index (χ1v) is 10.8. The molecule has 0 atom stereocenters. The summed E-state index contributed by atoms with van der Waals surface area (Å²) in [5, 5.41) is 0.831. The molecule has 0 radical (unpaired) electrons. The van der Waals surface area contributed by atoms with Gasteiger partial charge in [-0.05, 0) is 60.8 Å². The molecule has 4 aromatic rings. The number of aryl methyl sites for hydroxylation is 2. The summed E-state index contributed by atoms with van der Waals surface area (Å²) in [6.07, 6.45) is 0. The van der Waals surface area contributed by atoms with E-state index >= 15 is 0 Å². The van der Waals surface area contributed by atoms with Gasteiger partial charge in [-0.2, -0.15) is 4.37 Å². The fraction of sp³-hybridized carbons (Fsp3) is 0.240. The van der Waals surface area contributed by atoms with E-state index in [-0.39, 0.29) is 5.41 Å². The highest BCUT2D eigenvalue weighted by atomic mass is 32.1. The summed E-state index contributed by atoms with van der Waals surface area (Å²) >= 11 is 1.36. The van der Waals surface area contributed by atoms with Crippen molar-refractivity contribution in [2.24, 2.45) is 0 Å². The number of benzene rings is 2. The number of hydrogen-bond acceptors (Lipinski definition) is 5. The molecular formula is C25H25N3OS. The molecule has 152 valence electrons. The van der Waals surface area contributed by atoms with E-state index in [1.165, 1.54) is 28.2 Å². The Kier molecular flexibility index (Phi) is 5.64. The van der Waals surface area contributed by atoms with Crippen molar-refractivity contribution in [3.05, 3.63) is 94.9 Å². The number of rotatable bonds is 6. The van der Waals surface area contributed by atoms with Crippen LogP contribution in [-0.2, 0) is 12.0 Å². The fourth-order valence-electron chi connectivity index (χ4n) is 3.34. The molecule has 0 saturated heterocycles. The third kappa shape index (κ3) is 4.41. The van der Waals surface area contributed by atoms with Crippen LogP contribution in [0, 0.1) is 13.8 Å². The first-order valence-electron chi connectivity index (χ1n) is 9.99. The fourth-order valence-corrected chi connectivity index (χ4v) is 3.98. The predicted octanol–water partition coefficient (Wildman–Crippen LogP) is 6.12. The third-order valence-electron chi connectivity index (χ3n) is 5.29. The van der Waals surface area contributed by atoms with Gasteiger partial charge in [0.15, 0.2) is 5.01 Å². The summed E-state index contributed by atoms with van der Waals surface area (Å²) < 4.78 is 10.2. The minimum Gasteiger partial charge on any atom is -0.487 e. The summed E-state index contributed by atoms with van der Waals surface area (Å²) in [6, 6.07) is 23.0. The highest BCUT2D eigenvalue weighted by molar-refractivity contribution is 7.09. The predicted molar refractivity (Wildman–Crippen MR) is 122 cm³/mol. The zero-order chi connectivity index (χ0) is 21.1. The molecule has 0 saturated carbocycles. The first-order chi connectivity index (χ1) is 14.4. The van der Waals surface area contributed by atoms with Crippen molar-refractivity contribution in [3.63, 3.8) is 0 Å². The number of nitrogens with zero attached hydrogens (tertiary/aromatic N) is 3. The molecule has 0 spiro atoms. The van der Waals surface area contributed by atoms with Gasteiger partial charge < -0.3 is 4.74 Å². The second-order valence-electron chi connectivity index (χ2n) is 7.96. The van der Waals surface area contributed by atoms with Gasteiger partial charge >= 0.3 is 0 Å². The van der Waals surface area contributed by atoms with E-state index < -0.39 is 0 Å². The molecule has 4 rings (SSSR count). The van der Waals surface area contributed by atoms with Crippen LogP contribution in [0.1, 0.15) is 42.1 Å². The maximum Gasteiger partial charge on any atom is 0.162 e. The third-order valence-corrected chi connectivity index (χ3v) is 6.12. The average Bonchev–Trinajstić information content (AvgIpc) is 3.19. The van der Waals surface area contributed by atoms with Gasteiger partial charge in [0.2, 0.25) is 0 Å². The smallest absolute Gasteiger partial charge is 0.162 e. The Morgan fingerprint density at radius 2 is 1.50 bits per heavy atom. The van der Waals surface area contributed by atoms with Crippen molar-refractivity contribution in [2.75, 3.05) is 0 Å². The van der Waals surface area contributed by atoms with Gasteiger partial charge in [0.1, 0.15) is 23.9 Å². The molecule has 5 heteroatoms. The second kappa shape index (κ2) is 8.36. The lowest BCUT2D eigenvalue weighted by Gasteiger charge is -2.26. The van der Waals surface area contributed by atoms with Crippen molar-refractivity contribution in [1.29, 1.82) is 0 Å². The molecule has 30 heavy (non-hydrogen) atoms. The van der Waals surface area contributed by atoms with Crippen molar-refractivity contribution >= 4 is 11.5 Å². The van der Waals surface area contributed by atoms with Crippen LogP contribution in [0.15, 0.2) is 66.7 Å². The van der Waals surface area contributed by atoms with Crippen LogP contribution in [0.5, 0.6) is 5.75 Å². The maximum atomic E-state index is 5.98. The molecule has 0 unspecified atom stereocenters. The topological polar surface area (TPSA) is 47.9 Å². The van der Waals surface area contributed by atoms with Crippen LogP contribution in [0.3, 0.4) is 0 Å². The van der Waals surface area contributed by atoms with Gasteiger partial charge in [-0.1, -0.05) is 61.9 Å². The standard InChI is InChI=1S/C25H25N3OS/c1-17-8-10-19(11-9-17)25(3,4)20-12-14-22(15-13-20)29-16-21-6-5-7-23(27-21)24-26-18(2)28-30-24/h5-15H,16H2,1-4H3. The Balaban J connectivity index is 1.45. The van der Waals surface area contributed by atoms with E-state index in [1.807, 2.05) is 37.3 Å². The molecule has 0 fully saturated rings. The lowest BCUT2D eigenvalue weighted by molar-refractivity contribution is 0.301. The molecule has 0 aliphatic rings. The minimum atomic E-state index is -0.0675. The Bertz CT molecular complexity index is 1130. The zero-order valence-corrected chi connectivity index (χ0v) is 18.5. The van der Waals surface area contributed by atoms with Gasteiger partial charge in [0.25, 0.3) is 0 Å². The Labute approximate surface area is 181 Å². The number of hydrogen-bond donors (Lipinski definition) is 0. The molecule has 0 aliphatic carbocycles. The van der Waals surface area contributed by atoms with E-state index in [1.54, 1.807) is 0 Å². The Morgan fingerprint density at radius 3 is 2.13 bits per heavy atom. The van der Waals surface area contributed by atoms with Gasteiger partial charge in [0.05, 0.1) is 5.69 Å². The van der Waals surface area contributed by atoms with Crippen molar-refractivity contribution in [2.45, 2.75) is 39.7 Å². The molecule has 0 amide bonds. The van der Waals surface area contributed by atoms with Crippen LogP contribution in [-0.4, -0.2) is 14.3 Å². The van der Waals surface area contributed by atoms with Crippen molar-refractivity contribution < 1.29 is 4.74 Å². The Hall–Kier alpha value is -3.05. The van der Waals surface area contributed by atoms with E-state index in [9.17, 15) is 0 Å². The highest BCUT2D eigenvalue weighted by Gasteiger charge is 2.22. The SMILES string of the molecule is Cc1ccc(C(C)(C)c2ccc(OCc3cccc(-c4nc(C)ns4)n3)cc2)cc1. The molecule has 0 N–H and O–H groups in total. The monoisotopic (exact) mass is 415 g/mol. The van der Waals surface area contributed by atoms with Gasteiger partial charge in [0, 0.05) is 5.41 Å². The van der Waals surface area contributed by atoms with Crippen LogP contribution < -0.4 is 4.74 Å². The molecule has 2 aromatic heterocycles. The van der Waals surface area contributed by atoms with Crippen molar-refractivity contribution in [1.82, 2.24) is 14.3 Å². The molecule has 0 bridgehead atoms. The zero-order valence-electron chi connectivity index (χ0n) is 17.7. The second-order valence-corrected chi connectivity index (χ2v) is 8.72. The number of aromatic nitrogens is 3. The van der Waals surface area contributed by atoms with Crippen LogP contribution in [0.25, 0.3) is 10.7 Å². The summed E-state index contributed by atoms with van der Waals surface area (Å²) in [4.78, 5) is 9.06. The van der Waals surface area contributed by atoms with E-state index in [0.717, 1.165) is 28.0 Å². The lowest BCUT2D eigenvalue weighted by atomic mass is 9.78. The highest BCUT2D eigenvalue weighted by Crippen LogP contribution is 2.32. The normalized spacial score (nSPS) is 11.5. The summed E-state index contributed by atoms with van der Waals surface area (Å²) in [7, 11) is 0.